The van der Waals surface area contributed by atoms with Crippen LogP contribution in [0.15, 0.2) is 30.5 Å². The molecule has 3 atom stereocenters. The van der Waals surface area contributed by atoms with Gasteiger partial charge < -0.3 is 19.8 Å². The molecule has 2 heterocycles. The van der Waals surface area contributed by atoms with Crippen molar-refractivity contribution in [3.8, 4) is 5.75 Å². The third-order valence-electron chi connectivity index (χ3n) is 7.83. The van der Waals surface area contributed by atoms with Crippen LogP contribution in [-0.2, 0) is 4.79 Å². The Hall–Kier alpha value is -1.83. The molecule has 7 heteroatoms. The molecule has 192 valence electrons. The fourth-order valence-corrected chi connectivity index (χ4v) is 7.05. The Labute approximate surface area is 213 Å². The van der Waals surface area contributed by atoms with Crippen molar-refractivity contribution in [2.24, 2.45) is 11.8 Å². The number of likely N-dealkylation sites (tertiary alicyclic amines) is 1. The summed E-state index contributed by atoms with van der Waals surface area (Å²) in [5, 5.41) is 22.7. The summed E-state index contributed by atoms with van der Waals surface area (Å²) in [6.45, 7) is 2.57. The summed E-state index contributed by atoms with van der Waals surface area (Å²) in [5.41, 5.74) is 1.65. The van der Waals surface area contributed by atoms with E-state index in [1.165, 1.54) is 37.9 Å². The van der Waals surface area contributed by atoms with Gasteiger partial charge in [-0.05, 0) is 93.1 Å². The highest BCUT2D eigenvalue weighted by atomic mass is 32.2. The summed E-state index contributed by atoms with van der Waals surface area (Å²) in [5.74, 6) is 0.937. The van der Waals surface area contributed by atoms with Crippen LogP contribution in [0, 0.1) is 11.8 Å². The van der Waals surface area contributed by atoms with E-state index in [0.29, 0.717) is 19.4 Å². The van der Waals surface area contributed by atoms with Crippen LogP contribution in [0.1, 0.15) is 69.5 Å². The Morgan fingerprint density at radius 2 is 2.06 bits per heavy atom. The first-order valence-electron chi connectivity index (χ1n) is 13.2. The maximum absolute atomic E-state index is 12.1. The van der Waals surface area contributed by atoms with Crippen LogP contribution in [0.2, 0.25) is 0 Å². The lowest BCUT2D eigenvalue weighted by Crippen LogP contribution is -2.44. The molecule has 0 radical (unpaired) electrons. The van der Waals surface area contributed by atoms with Crippen molar-refractivity contribution >= 4 is 28.6 Å². The van der Waals surface area contributed by atoms with Crippen LogP contribution in [0.25, 0.3) is 10.9 Å². The number of thioether (sulfide) groups is 1. The Morgan fingerprint density at radius 1 is 1.23 bits per heavy atom. The topological polar surface area (TPSA) is 82.9 Å². The number of aromatic nitrogens is 1. The number of aliphatic hydroxyl groups is 1. The number of carbonyl (C=O) groups is 1. The van der Waals surface area contributed by atoms with Crippen molar-refractivity contribution in [3.63, 3.8) is 0 Å². The number of ether oxygens (including phenoxy) is 1. The van der Waals surface area contributed by atoms with Gasteiger partial charge in [-0.2, -0.15) is 11.8 Å². The van der Waals surface area contributed by atoms with E-state index in [1.807, 2.05) is 24.3 Å². The number of hydrogen-bond donors (Lipinski definition) is 2. The molecule has 0 bridgehead atoms. The van der Waals surface area contributed by atoms with Crippen molar-refractivity contribution in [1.82, 2.24) is 9.88 Å². The van der Waals surface area contributed by atoms with Gasteiger partial charge in [0, 0.05) is 23.4 Å². The molecule has 1 aromatic heterocycles. The number of aliphatic hydroxyl groups excluding tert-OH is 1. The zero-order valence-corrected chi connectivity index (χ0v) is 21.7. The molecule has 2 aromatic rings. The summed E-state index contributed by atoms with van der Waals surface area (Å²) in [6.07, 6.45) is 11.2. The number of fused-ring (bicyclic) bond motifs is 1. The molecule has 2 N–H and O–H groups in total. The molecule has 0 amide bonds. The molecular weight excluding hydrogens is 460 g/mol. The summed E-state index contributed by atoms with van der Waals surface area (Å²) in [7, 11) is 1.63. The number of piperidine rings is 1. The Bertz CT molecular complexity index is 965. The second kappa shape index (κ2) is 12.9. The largest absolute Gasteiger partial charge is 0.497 e. The summed E-state index contributed by atoms with van der Waals surface area (Å²) >= 11 is 2.12. The van der Waals surface area contributed by atoms with Crippen LogP contribution >= 0.6 is 11.8 Å². The SMILES string of the molecule is COc1ccc2nccc([C@H](O)CC[C@@H]3CCN(CCCSC4CCCCC4)C[C@@H]3C(=O)O)c2c1. The zero-order valence-electron chi connectivity index (χ0n) is 20.9. The zero-order chi connectivity index (χ0) is 24.6. The quantitative estimate of drug-likeness (QED) is 0.392. The number of carboxylic acids is 1. The minimum atomic E-state index is -0.704. The minimum Gasteiger partial charge on any atom is -0.497 e. The molecule has 35 heavy (non-hydrogen) atoms. The van der Waals surface area contributed by atoms with Crippen LogP contribution in [-0.4, -0.2) is 63.8 Å². The second-order valence-electron chi connectivity index (χ2n) is 10.2. The fraction of sp³-hybridized carbons (Fsp3) is 0.643. The highest BCUT2D eigenvalue weighted by molar-refractivity contribution is 7.99. The lowest BCUT2D eigenvalue weighted by atomic mass is 9.81. The number of benzene rings is 1. The standard InChI is InChI=1S/C28H40N2O4S/c1-34-21-9-10-26-24(18-21)23(12-14-29-26)27(31)11-8-20-13-16-30(19-25(20)28(32)33)15-5-17-35-22-6-3-2-4-7-22/h9-10,12,14,18,20,22,25,27,31H,2-8,11,13,15-17,19H2,1H3,(H,32,33)/t20-,25+,27-/m1/s1. The van der Waals surface area contributed by atoms with E-state index >= 15 is 0 Å². The van der Waals surface area contributed by atoms with E-state index in [0.717, 1.165) is 53.4 Å². The molecule has 1 saturated carbocycles. The fourth-order valence-electron chi connectivity index (χ4n) is 5.76. The van der Waals surface area contributed by atoms with Crippen LogP contribution in [0.5, 0.6) is 5.75 Å². The molecule has 0 spiro atoms. The van der Waals surface area contributed by atoms with Gasteiger partial charge in [-0.3, -0.25) is 9.78 Å². The van der Waals surface area contributed by atoms with E-state index in [9.17, 15) is 15.0 Å². The van der Waals surface area contributed by atoms with Crippen LogP contribution < -0.4 is 4.74 Å². The second-order valence-corrected chi connectivity index (χ2v) is 11.6. The van der Waals surface area contributed by atoms with Gasteiger partial charge >= 0.3 is 5.97 Å². The van der Waals surface area contributed by atoms with E-state index < -0.39 is 12.1 Å². The number of pyridine rings is 1. The predicted octanol–water partition coefficient (Wildman–Crippen LogP) is 5.54. The average molecular weight is 501 g/mol. The molecule has 6 nitrogen and oxygen atoms in total. The Balaban J connectivity index is 1.28. The van der Waals surface area contributed by atoms with Gasteiger partial charge in [0.05, 0.1) is 24.6 Å². The summed E-state index contributed by atoms with van der Waals surface area (Å²) in [4.78, 5) is 18.8. The third-order valence-corrected chi connectivity index (χ3v) is 9.30. The van der Waals surface area contributed by atoms with Crippen molar-refractivity contribution in [1.29, 1.82) is 0 Å². The van der Waals surface area contributed by atoms with Gasteiger partial charge in [-0.25, -0.2) is 0 Å². The first kappa shape index (κ1) is 26.2. The predicted molar refractivity (Wildman–Crippen MR) is 142 cm³/mol. The lowest BCUT2D eigenvalue weighted by molar-refractivity contribution is -0.146. The molecule has 1 aromatic carbocycles. The van der Waals surface area contributed by atoms with Crippen molar-refractivity contribution in [3.05, 3.63) is 36.0 Å². The van der Waals surface area contributed by atoms with E-state index in [2.05, 4.69) is 21.6 Å². The van der Waals surface area contributed by atoms with Crippen LogP contribution in [0.4, 0.5) is 0 Å². The highest BCUT2D eigenvalue weighted by Gasteiger charge is 2.34. The number of rotatable bonds is 11. The number of carboxylic acid groups (broad SMARTS) is 1. The van der Waals surface area contributed by atoms with E-state index in [1.54, 1.807) is 13.3 Å². The lowest BCUT2D eigenvalue weighted by Gasteiger charge is -2.37. The first-order chi connectivity index (χ1) is 17.0. The number of nitrogens with zero attached hydrogens (tertiary/aromatic N) is 2. The Morgan fingerprint density at radius 3 is 2.83 bits per heavy atom. The van der Waals surface area contributed by atoms with Gasteiger partial charge in [0.2, 0.25) is 0 Å². The van der Waals surface area contributed by atoms with Crippen molar-refractivity contribution < 1.29 is 19.7 Å². The third kappa shape index (κ3) is 7.11. The maximum Gasteiger partial charge on any atom is 0.308 e. The molecule has 1 aliphatic carbocycles. The van der Waals surface area contributed by atoms with E-state index in [-0.39, 0.29) is 11.8 Å². The van der Waals surface area contributed by atoms with Crippen molar-refractivity contribution in [2.75, 3.05) is 32.5 Å². The molecule has 1 aliphatic heterocycles. The average Bonchev–Trinajstić information content (AvgIpc) is 2.89. The minimum absolute atomic E-state index is 0.0950. The molecule has 1 saturated heterocycles. The molecule has 2 aliphatic rings. The van der Waals surface area contributed by atoms with E-state index in [4.69, 9.17) is 4.74 Å². The van der Waals surface area contributed by atoms with Gasteiger partial charge in [-0.15, -0.1) is 0 Å². The first-order valence-corrected chi connectivity index (χ1v) is 14.3. The van der Waals surface area contributed by atoms with Gasteiger partial charge in [0.25, 0.3) is 0 Å². The monoisotopic (exact) mass is 500 g/mol. The van der Waals surface area contributed by atoms with Gasteiger partial charge in [0.1, 0.15) is 5.75 Å². The number of hydrogen-bond acceptors (Lipinski definition) is 6. The Kier molecular flexibility index (Phi) is 9.69. The van der Waals surface area contributed by atoms with Crippen LogP contribution in [0.3, 0.4) is 0 Å². The highest BCUT2D eigenvalue weighted by Crippen LogP contribution is 2.34. The molecule has 0 unspecified atom stereocenters. The maximum atomic E-state index is 12.1. The number of methoxy groups -OCH3 is 1. The van der Waals surface area contributed by atoms with Crippen molar-refractivity contribution in [2.45, 2.75) is 69.1 Å². The molecule has 2 fully saturated rings. The summed E-state index contributed by atoms with van der Waals surface area (Å²) in [6, 6.07) is 7.53. The number of aliphatic carboxylic acids is 1. The molecule has 4 rings (SSSR count). The molecular formula is C28H40N2O4S. The smallest absolute Gasteiger partial charge is 0.308 e. The summed E-state index contributed by atoms with van der Waals surface area (Å²) < 4.78 is 5.35. The normalized spacial score (nSPS) is 22.8. The van der Waals surface area contributed by atoms with Gasteiger partial charge in [-0.1, -0.05) is 19.3 Å². The van der Waals surface area contributed by atoms with Gasteiger partial charge in [0.15, 0.2) is 0 Å².